The molecule has 4 nitrogen and oxygen atoms in total. The lowest BCUT2D eigenvalue weighted by Gasteiger charge is -2.19. The first-order valence-corrected chi connectivity index (χ1v) is 6.28. The van der Waals surface area contributed by atoms with Gasteiger partial charge in [-0.15, -0.1) is 0 Å². The normalized spacial score (nSPS) is 18.0. The quantitative estimate of drug-likeness (QED) is 0.451. The number of nitrogens with one attached hydrogen (secondary N) is 1. The standard InChI is InChI=1S/C12H28N4/c1-5-6-9(2)11(4)16-12(8-14)15-10(3)7-13/h9-11H,5-8,13-14H2,1-4H3,(H,15,16). The minimum absolute atomic E-state index is 0.232. The molecule has 0 saturated carbocycles. The van der Waals surface area contributed by atoms with Crippen molar-refractivity contribution in [2.45, 2.75) is 52.6 Å². The molecule has 0 amide bonds. The van der Waals surface area contributed by atoms with E-state index in [4.69, 9.17) is 11.5 Å². The zero-order chi connectivity index (χ0) is 12.6. The molecule has 0 fully saturated rings. The third-order valence-electron chi connectivity index (χ3n) is 2.89. The van der Waals surface area contributed by atoms with Crippen molar-refractivity contribution in [3.63, 3.8) is 0 Å². The molecular weight excluding hydrogens is 200 g/mol. The summed E-state index contributed by atoms with van der Waals surface area (Å²) in [7, 11) is 0. The van der Waals surface area contributed by atoms with Gasteiger partial charge in [-0.2, -0.15) is 0 Å². The lowest BCUT2D eigenvalue weighted by Crippen LogP contribution is -2.42. The van der Waals surface area contributed by atoms with Crippen LogP contribution < -0.4 is 16.8 Å². The van der Waals surface area contributed by atoms with Crippen molar-refractivity contribution in [1.82, 2.24) is 5.32 Å². The van der Waals surface area contributed by atoms with Crippen LogP contribution in [0.15, 0.2) is 4.99 Å². The Morgan fingerprint density at radius 2 is 1.88 bits per heavy atom. The number of hydrogen-bond donors (Lipinski definition) is 3. The molecule has 0 aliphatic rings. The maximum Gasteiger partial charge on any atom is 0.111 e. The van der Waals surface area contributed by atoms with E-state index in [1.807, 2.05) is 6.92 Å². The van der Waals surface area contributed by atoms with Gasteiger partial charge in [0, 0.05) is 12.6 Å². The van der Waals surface area contributed by atoms with Crippen LogP contribution in [0.25, 0.3) is 0 Å². The Bertz CT molecular complexity index is 203. The van der Waals surface area contributed by atoms with Gasteiger partial charge in [0.2, 0.25) is 0 Å². The van der Waals surface area contributed by atoms with E-state index in [1.54, 1.807) is 0 Å². The highest BCUT2D eigenvalue weighted by atomic mass is 15.0. The van der Waals surface area contributed by atoms with Crippen LogP contribution in [-0.4, -0.2) is 31.0 Å². The summed E-state index contributed by atoms with van der Waals surface area (Å²) in [6.45, 7) is 9.66. The predicted octanol–water partition coefficient (Wildman–Crippen LogP) is 1.11. The number of amidine groups is 1. The molecule has 16 heavy (non-hydrogen) atoms. The number of aliphatic imine (C=N–C) groups is 1. The second-order valence-corrected chi connectivity index (χ2v) is 4.57. The van der Waals surface area contributed by atoms with Crippen LogP contribution >= 0.6 is 0 Å². The van der Waals surface area contributed by atoms with Gasteiger partial charge in [-0.3, -0.25) is 4.99 Å². The van der Waals surface area contributed by atoms with E-state index in [2.05, 4.69) is 31.1 Å². The van der Waals surface area contributed by atoms with Crippen LogP contribution in [0.5, 0.6) is 0 Å². The van der Waals surface area contributed by atoms with E-state index >= 15 is 0 Å². The molecule has 0 spiro atoms. The molecule has 0 aliphatic heterocycles. The number of nitrogens with zero attached hydrogens (tertiary/aromatic N) is 1. The zero-order valence-corrected chi connectivity index (χ0v) is 11.2. The van der Waals surface area contributed by atoms with E-state index in [0.717, 1.165) is 5.84 Å². The van der Waals surface area contributed by atoms with Gasteiger partial charge in [-0.25, -0.2) is 0 Å². The highest BCUT2D eigenvalue weighted by molar-refractivity contribution is 5.84. The summed E-state index contributed by atoms with van der Waals surface area (Å²) in [6, 6.07) is 0.548. The molecule has 0 aliphatic carbocycles. The summed E-state index contributed by atoms with van der Waals surface area (Å²) in [5.74, 6) is 1.47. The third kappa shape index (κ3) is 6.08. The van der Waals surface area contributed by atoms with E-state index < -0.39 is 0 Å². The molecule has 5 N–H and O–H groups in total. The third-order valence-corrected chi connectivity index (χ3v) is 2.89. The first kappa shape index (κ1) is 15.4. The van der Waals surface area contributed by atoms with E-state index in [9.17, 15) is 0 Å². The van der Waals surface area contributed by atoms with Crippen LogP contribution in [0.1, 0.15) is 40.5 Å². The summed E-state index contributed by atoms with van der Waals surface area (Å²) in [5.41, 5.74) is 11.2. The zero-order valence-electron chi connectivity index (χ0n) is 11.2. The van der Waals surface area contributed by atoms with Crippen molar-refractivity contribution in [2.24, 2.45) is 22.4 Å². The molecule has 4 heteroatoms. The van der Waals surface area contributed by atoms with Crippen molar-refractivity contribution in [1.29, 1.82) is 0 Å². The first-order valence-electron chi connectivity index (χ1n) is 6.28. The molecule has 0 heterocycles. The molecule has 0 aromatic carbocycles. The Kier molecular flexibility index (Phi) is 8.21. The SMILES string of the molecule is CCCC(C)C(C)N=C(CN)NC(C)CN. The molecule has 0 aromatic rings. The highest BCUT2D eigenvalue weighted by Gasteiger charge is 2.11. The molecule has 96 valence electrons. The van der Waals surface area contributed by atoms with Gasteiger partial charge < -0.3 is 16.8 Å². The van der Waals surface area contributed by atoms with Crippen molar-refractivity contribution in [3.8, 4) is 0 Å². The smallest absolute Gasteiger partial charge is 0.111 e. The fourth-order valence-electron chi connectivity index (χ4n) is 1.56. The van der Waals surface area contributed by atoms with E-state index in [-0.39, 0.29) is 6.04 Å². The molecular formula is C12H28N4. The topological polar surface area (TPSA) is 76.4 Å². The van der Waals surface area contributed by atoms with E-state index in [0.29, 0.717) is 25.0 Å². The number of hydrogen-bond acceptors (Lipinski definition) is 3. The van der Waals surface area contributed by atoms with E-state index in [1.165, 1.54) is 12.8 Å². The summed E-state index contributed by atoms with van der Waals surface area (Å²) in [6.07, 6.45) is 2.40. The predicted molar refractivity (Wildman–Crippen MR) is 71.7 cm³/mol. The Morgan fingerprint density at radius 3 is 2.31 bits per heavy atom. The monoisotopic (exact) mass is 228 g/mol. The van der Waals surface area contributed by atoms with Gasteiger partial charge in [0.25, 0.3) is 0 Å². The van der Waals surface area contributed by atoms with Crippen LogP contribution in [0.2, 0.25) is 0 Å². The Hall–Kier alpha value is -0.610. The molecule has 3 unspecified atom stereocenters. The average molecular weight is 228 g/mol. The minimum atomic E-state index is 0.232. The molecule has 3 atom stereocenters. The van der Waals surface area contributed by atoms with Crippen LogP contribution in [0, 0.1) is 5.92 Å². The fraction of sp³-hybridized carbons (Fsp3) is 0.917. The van der Waals surface area contributed by atoms with Gasteiger partial charge >= 0.3 is 0 Å². The lowest BCUT2D eigenvalue weighted by atomic mass is 9.99. The van der Waals surface area contributed by atoms with Crippen molar-refractivity contribution >= 4 is 5.84 Å². The summed E-state index contributed by atoms with van der Waals surface area (Å²) >= 11 is 0. The molecule has 0 aromatic heterocycles. The van der Waals surface area contributed by atoms with Crippen LogP contribution in [-0.2, 0) is 0 Å². The summed E-state index contributed by atoms with van der Waals surface area (Å²) < 4.78 is 0. The van der Waals surface area contributed by atoms with Gasteiger partial charge in [0.05, 0.1) is 12.6 Å². The summed E-state index contributed by atoms with van der Waals surface area (Å²) in [5, 5.41) is 3.24. The van der Waals surface area contributed by atoms with Crippen LogP contribution in [0.3, 0.4) is 0 Å². The second kappa shape index (κ2) is 8.53. The molecule has 0 saturated heterocycles. The Balaban J connectivity index is 4.32. The maximum atomic E-state index is 5.66. The highest BCUT2D eigenvalue weighted by Crippen LogP contribution is 2.13. The van der Waals surface area contributed by atoms with Crippen molar-refractivity contribution < 1.29 is 0 Å². The fourth-order valence-corrected chi connectivity index (χ4v) is 1.56. The number of nitrogens with two attached hydrogens (primary N) is 2. The summed E-state index contributed by atoms with van der Waals surface area (Å²) in [4.78, 5) is 4.63. The maximum absolute atomic E-state index is 5.66. The Labute approximate surface area is 99.9 Å². The van der Waals surface area contributed by atoms with Gasteiger partial charge in [0.15, 0.2) is 0 Å². The Morgan fingerprint density at radius 1 is 1.25 bits per heavy atom. The van der Waals surface area contributed by atoms with Gasteiger partial charge in [0.1, 0.15) is 5.84 Å². The van der Waals surface area contributed by atoms with Crippen LogP contribution in [0.4, 0.5) is 0 Å². The van der Waals surface area contributed by atoms with Gasteiger partial charge in [-0.05, 0) is 26.2 Å². The lowest BCUT2D eigenvalue weighted by molar-refractivity contribution is 0.445. The molecule has 0 bridgehead atoms. The largest absolute Gasteiger partial charge is 0.369 e. The second-order valence-electron chi connectivity index (χ2n) is 4.57. The molecule has 0 radical (unpaired) electrons. The number of rotatable bonds is 7. The first-order chi connectivity index (χ1) is 7.54. The average Bonchev–Trinajstić information content (AvgIpc) is 2.27. The van der Waals surface area contributed by atoms with Crippen molar-refractivity contribution in [2.75, 3.05) is 13.1 Å². The van der Waals surface area contributed by atoms with Gasteiger partial charge in [-0.1, -0.05) is 20.3 Å². The molecule has 0 rings (SSSR count). The minimum Gasteiger partial charge on any atom is -0.369 e. The van der Waals surface area contributed by atoms with Crippen molar-refractivity contribution in [3.05, 3.63) is 0 Å².